The molecule has 1 rings (SSSR count). The van der Waals surface area contributed by atoms with Gasteiger partial charge in [0, 0.05) is 15.8 Å². The third-order valence-electron chi connectivity index (χ3n) is 1.49. The van der Waals surface area contributed by atoms with E-state index >= 15 is 0 Å². The maximum atomic E-state index is 11.1. The van der Waals surface area contributed by atoms with E-state index in [0.29, 0.717) is 11.8 Å². The molecule has 0 amide bonds. The average molecular weight is 324 g/mol. The van der Waals surface area contributed by atoms with Crippen LogP contribution in [0.4, 0.5) is 0 Å². The fraction of sp³-hybridized carbons (Fsp3) is 0.222. The maximum absolute atomic E-state index is 11.1. The van der Waals surface area contributed by atoms with Crippen LogP contribution < -0.4 is 0 Å². The van der Waals surface area contributed by atoms with Crippen molar-refractivity contribution in [2.45, 2.75) is 11.3 Å². The minimum absolute atomic E-state index is 0.172. The molecule has 13 heavy (non-hydrogen) atoms. The van der Waals surface area contributed by atoms with E-state index in [-0.39, 0.29) is 5.78 Å². The Bertz CT molecular complexity index is 305. The summed E-state index contributed by atoms with van der Waals surface area (Å²) < 4.78 is 0.956. The normalized spacial score (nSPS) is 10.1. The molecule has 0 bridgehead atoms. The molecule has 0 saturated carbocycles. The molecule has 0 atom stereocenters. The lowest BCUT2D eigenvalue weighted by Gasteiger charge is -2.01. The van der Waals surface area contributed by atoms with Crippen LogP contribution in [0.3, 0.4) is 0 Å². The largest absolute Gasteiger partial charge is 0.298 e. The first-order chi connectivity index (χ1) is 6.11. The number of hydrogen-bond acceptors (Lipinski definition) is 2. The summed E-state index contributed by atoms with van der Waals surface area (Å²) in [6.07, 6.45) is 0.457. The Kier molecular flexibility index (Phi) is 4.49. The van der Waals surface area contributed by atoms with Crippen molar-refractivity contribution >= 4 is 50.3 Å². The first-order valence-electron chi connectivity index (χ1n) is 3.68. The van der Waals surface area contributed by atoms with Crippen molar-refractivity contribution in [3.05, 3.63) is 28.2 Å². The SMILES string of the molecule is O=C(CBr)Cc1cc(S)cc(Br)c1. The molecule has 0 spiro atoms. The van der Waals surface area contributed by atoms with Crippen LogP contribution in [0.1, 0.15) is 5.56 Å². The van der Waals surface area contributed by atoms with Gasteiger partial charge in [0.05, 0.1) is 5.33 Å². The fourth-order valence-corrected chi connectivity index (χ4v) is 2.23. The van der Waals surface area contributed by atoms with Gasteiger partial charge in [0.2, 0.25) is 0 Å². The van der Waals surface area contributed by atoms with E-state index in [4.69, 9.17) is 0 Å². The van der Waals surface area contributed by atoms with E-state index < -0.39 is 0 Å². The number of thiol groups is 1. The Morgan fingerprint density at radius 1 is 1.38 bits per heavy atom. The molecule has 1 aromatic carbocycles. The highest BCUT2D eigenvalue weighted by Crippen LogP contribution is 2.18. The molecule has 0 aliphatic heterocycles. The van der Waals surface area contributed by atoms with Gasteiger partial charge in [-0.05, 0) is 23.8 Å². The van der Waals surface area contributed by atoms with Gasteiger partial charge in [-0.25, -0.2) is 0 Å². The van der Waals surface area contributed by atoms with Gasteiger partial charge < -0.3 is 0 Å². The van der Waals surface area contributed by atoms with Gasteiger partial charge in [-0.3, -0.25) is 4.79 Å². The topological polar surface area (TPSA) is 17.1 Å². The van der Waals surface area contributed by atoms with Crippen molar-refractivity contribution < 1.29 is 4.79 Å². The van der Waals surface area contributed by atoms with Crippen LogP contribution in [0.15, 0.2) is 27.6 Å². The van der Waals surface area contributed by atoms with Crippen LogP contribution in [-0.2, 0) is 11.2 Å². The molecule has 0 aliphatic carbocycles. The van der Waals surface area contributed by atoms with Crippen LogP contribution in [0, 0.1) is 0 Å². The van der Waals surface area contributed by atoms with Crippen molar-refractivity contribution in [2.75, 3.05) is 5.33 Å². The molecular formula is C9H8Br2OS. The van der Waals surface area contributed by atoms with Gasteiger partial charge in [0.15, 0.2) is 0 Å². The van der Waals surface area contributed by atoms with Gasteiger partial charge in [-0.2, -0.15) is 0 Å². The molecule has 0 unspecified atom stereocenters. The van der Waals surface area contributed by atoms with E-state index in [2.05, 4.69) is 44.5 Å². The van der Waals surface area contributed by atoms with E-state index in [1.807, 2.05) is 18.2 Å². The Hall–Kier alpha value is 0.200. The Labute approximate surface area is 99.6 Å². The molecule has 70 valence electrons. The minimum atomic E-state index is 0.172. The number of benzene rings is 1. The summed E-state index contributed by atoms with van der Waals surface area (Å²) >= 11 is 10.7. The first-order valence-corrected chi connectivity index (χ1v) is 6.04. The number of alkyl halides is 1. The molecule has 0 fully saturated rings. The molecule has 0 radical (unpaired) electrons. The van der Waals surface area contributed by atoms with Crippen LogP contribution in [0.2, 0.25) is 0 Å². The minimum Gasteiger partial charge on any atom is -0.298 e. The average Bonchev–Trinajstić information content (AvgIpc) is 2.02. The second-order valence-corrected chi connectivity index (χ2v) is 4.66. The third-order valence-corrected chi connectivity index (χ3v) is 2.83. The number of hydrogen-bond donors (Lipinski definition) is 1. The number of ketones is 1. The van der Waals surface area contributed by atoms with Crippen molar-refractivity contribution in [2.24, 2.45) is 0 Å². The lowest BCUT2D eigenvalue weighted by molar-refractivity contribution is -0.115. The Balaban J connectivity index is 2.83. The number of carbonyl (C=O) groups is 1. The number of halogens is 2. The van der Waals surface area contributed by atoms with Crippen LogP contribution in [0.5, 0.6) is 0 Å². The number of carbonyl (C=O) groups excluding carboxylic acids is 1. The van der Waals surface area contributed by atoms with Gasteiger partial charge in [-0.15, -0.1) is 12.6 Å². The molecule has 0 N–H and O–H groups in total. The molecule has 1 aromatic rings. The molecule has 0 aromatic heterocycles. The summed E-state index contributed by atoms with van der Waals surface area (Å²) in [5.74, 6) is 0.172. The summed E-state index contributed by atoms with van der Waals surface area (Å²) in [6, 6.07) is 5.72. The zero-order chi connectivity index (χ0) is 9.84. The highest BCUT2D eigenvalue weighted by atomic mass is 79.9. The van der Waals surface area contributed by atoms with Crippen molar-refractivity contribution in [1.82, 2.24) is 0 Å². The summed E-state index contributed by atoms with van der Waals surface area (Å²) in [6.45, 7) is 0. The van der Waals surface area contributed by atoms with Gasteiger partial charge in [-0.1, -0.05) is 31.9 Å². The maximum Gasteiger partial charge on any atom is 0.147 e. The molecule has 1 nitrogen and oxygen atoms in total. The lowest BCUT2D eigenvalue weighted by atomic mass is 10.1. The molecule has 0 aliphatic rings. The summed E-state index contributed by atoms with van der Waals surface area (Å²) in [7, 11) is 0. The Morgan fingerprint density at radius 3 is 2.62 bits per heavy atom. The second kappa shape index (κ2) is 5.17. The molecular weight excluding hydrogens is 316 g/mol. The first kappa shape index (κ1) is 11.3. The second-order valence-electron chi connectivity index (χ2n) is 2.67. The van der Waals surface area contributed by atoms with Crippen LogP contribution in [-0.4, -0.2) is 11.1 Å². The summed E-state index contributed by atoms with van der Waals surface area (Å²) in [5.41, 5.74) is 0.990. The van der Waals surface area contributed by atoms with E-state index in [0.717, 1.165) is 14.9 Å². The van der Waals surface area contributed by atoms with E-state index in [9.17, 15) is 4.79 Å². The molecule has 0 saturated heterocycles. The lowest BCUT2D eigenvalue weighted by Crippen LogP contribution is -2.03. The van der Waals surface area contributed by atoms with Crippen molar-refractivity contribution in [1.29, 1.82) is 0 Å². The predicted octanol–water partition coefficient (Wildman–Crippen LogP) is 3.24. The quantitative estimate of drug-likeness (QED) is 0.667. The van der Waals surface area contributed by atoms with Gasteiger partial charge in [0.1, 0.15) is 5.78 Å². The van der Waals surface area contributed by atoms with Crippen molar-refractivity contribution in [3.63, 3.8) is 0 Å². The third kappa shape index (κ3) is 3.83. The summed E-state index contributed by atoms with van der Waals surface area (Å²) in [4.78, 5) is 12.0. The number of Topliss-reactive ketones (excluding diaryl/α,β-unsaturated/α-hetero) is 1. The molecule has 4 heteroatoms. The fourth-order valence-electron chi connectivity index (χ4n) is 1.01. The van der Waals surface area contributed by atoms with Crippen molar-refractivity contribution in [3.8, 4) is 0 Å². The van der Waals surface area contributed by atoms with Crippen LogP contribution in [0.25, 0.3) is 0 Å². The van der Waals surface area contributed by atoms with Gasteiger partial charge >= 0.3 is 0 Å². The monoisotopic (exact) mass is 322 g/mol. The van der Waals surface area contributed by atoms with Gasteiger partial charge in [0.25, 0.3) is 0 Å². The highest BCUT2D eigenvalue weighted by molar-refractivity contribution is 9.10. The number of rotatable bonds is 3. The molecule has 0 heterocycles. The predicted molar refractivity (Wildman–Crippen MR) is 63.9 cm³/mol. The van der Waals surface area contributed by atoms with E-state index in [1.165, 1.54) is 0 Å². The standard InChI is InChI=1S/C9H8Br2OS/c10-5-8(12)2-6-1-7(11)4-9(13)3-6/h1,3-4,13H,2,5H2. The smallest absolute Gasteiger partial charge is 0.147 e. The Morgan fingerprint density at radius 2 is 2.08 bits per heavy atom. The summed E-state index contributed by atoms with van der Waals surface area (Å²) in [5, 5.41) is 0.404. The van der Waals surface area contributed by atoms with E-state index in [1.54, 1.807) is 0 Å². The zero-order valence-corrected chi connectivity index (χ0v) is 10.8. The highest BCUT2D eigenvalue weighted by Gasteiger charge is 2.03. The zero-order valence-electron chi connectivity index (χ0n) is 6.76. The van der Waals surface area contributed by atoms with Crippen LogP contribution >= 0.6 is 44.5 Å².